The molecule has 1 fully saturated rings. The van der Waals surface area contributed by atoms with Gasteiger partial charge in [0.1, 0.15) is 11.5 Å². The van der Waals surface area contributed by atoms with Gasteiger partial charge in [-0.25, -0.2) is 0 Å². The average molecular weight is 706 g/mol. The number of carbonyl (C=O) groups excluding carboxylic acids is 1. The molecular weight excluding hydrogens is 654 g/mol. The van der Waals surface area contributed by atoms with Crippen LogP contribution < -0.4 is 29.0 Å². The fourth-order valence-electron chi connectivity index (χ4n) is 7.92. The molecule has 52 heavy (non-hydrogen) atoms. The number of nitrogens with one attached hydrogen (secondary N) is 1. The van der Waals surface area contributed by atoms with Crippen molar-refractivity contribution in [3.05, 3.63) is 99.6 Å². The lowest BCUT2D eigenvalue weighted by Crippen LogP contribution is -2.34. The molecule has 0 unspecified atom stereocenters. The van der Waals surface area contributed by atoms with E-state index in [4.69, 9.17) is 23.7 Å². The maximum atomic E-state index is 13.6. The third kappa shape index (κ3) is 7.43. The first-order chi connectivity index (χ1) is 25.2. The number of nitrogens with zero attached hydrogens (tertiary/aromatic N) is 2. The maximum Gasteiger partial charge on any atom is 0.255 e. The molecule has 0 aromatic heterocycles. The van der Waals surface area contributed by atoms with Crippen molar-refractivity contribution in [2.24, 2.45) is 0 Å². The molecule has 2 heterocycles. The molecule has 1 N–H and O–H groups in total. The summed E-state index contributed by atoms with van der Waals surface area (Å²) in [5.74, 6) is 4.37. The lowest BCUT2D eigenvalue weighted by molar-refractivity contribution is 0.0935. The van der Waals surface area contributed by atoms with Crippen molar-refractivity contribution in [2.75, 3.05) is 48.5 Å². The largest absolute Gasteiger partial charge is 0.493 e. The molecule has 9 heteroatoms. The smallest absolute Gasteiger partial charge is 0.255 e. The minimum absolute atomic E-state index is 0.0506. The number of hydrogen-bond donors (Lipinski definition) is 1. The number of likely N-dealkylation sites (N-methyl/N-ethyl adjacent to an activating group) is 2. The summed E-state index contributed by atoms with van der Waals surface area (Å²) in [7, 11) is 9.29. The van der Waals surface area contributed by atoms with Gasteiger partial charge < -0.3 is 33.9 Å². The molecule has 7 rings (SSSR count). The van der Waals surface area contributed by atoms with Gasteiger partial charge >= 0.3 is 0 Å². The number of amides is 1. The Hall–Kier alpha value is -4.73. The van der Waals surface area contributed by atoms with Crippen LogP contribution >= 0.6 is 0 Å². The SMILES string of the molecule is COc1cc2c(cc1Oc1c3c(cc(OC)c1OC)CCN(C)C3)[C@@H](Cc1ccc(C(=O)NC3CCCC3)c(Oc3ccc(C)cc3)c1)N(C)CC2. The monoisotopic (exact) mass is 705 g/mol. The number of methoxy groups -OCH3 is 3. The lowest BCUT2D eigenvalue weighted by Gasteiger charge is -2.35. The van der Waals surface area contributed by atoms with Crippen LogP contribution in [-0.2, 0) is 25.8 Å². The molecule has 3 aliphatic rings. The summed E-state index contributed by atoms with van der Waals surface area (Å²) in [4.78, 5) is 18.3. The second-order valence-corrected chi connectivity index (χ2v) is 14.5. The van der Waals surface area contributed by atoms with E-state index >= 15 is 0 Å². The molecule has 1 saturated carbocycles. The van der Waals surface area contributed by atoms with Crippen LogP contribution in [0.15, 0.2) is 60.7 Å². The highest BCUT2D eigenvalue weighted by atomic mass is 16.5. The number of benzene rings is 4. The van der Waals surface area contributed by atoms with Crippen LogP contribution in [0.2, 0.25) is 0 Å². The Morgan fingerprint density at radius 1 is 0.769 bits per heavy atom. The van der Waals surface area contributed by atoms with Gasteiger partial charge in [0.2, 0.25) is 5.75 Å². The Balaban J connectivity index is 1.24. The Labute approximate surface area is 307 Å². The van der Waals surface area contributed by atoms with Gasteiger partial charge in [0.25, 0.3) is 5.91 Å². The number of hydrogen-bond acceptors (Lipinski definition) is 8. The maximum absolute atomic E-state index is 13.6. The molecule has 274 valence electrons. The van der Waals surface area contributed by atoms with Crippen molar-refractivity contribution >= 4 is 5.91 Å². The number of fused-ring (bicyclic) bond motifs is 2. The Bertz CT molecular complexity index is 1920. The Morgan fingerprint density at radius 3 is 2.23 bits per heavy atom. The number of aryl methyl sites for hydroxylation is 1. The molecule has 2 aliphatic heterocycles. The van der Waals surface area contributed by atoms with E-state index in [0.717, 1.165) is 74.8 Å². The molecule has 0 bridgehead atoms. The van der Waals surface area contributed by atoms with Crippen LogP contribution in [0.5, 0.6) is 40.2 Å². The first kappa shape index (κ1) is 35.7. The predicted molar refractivity (Wildman–Crippen MR) is 203 cm³/mol. The topological polar surface area (TPSA) is 81.7 Å². The molecule has 1 atom stereocenters. The summed E-state index contributed by atoms with van der Waals surface area (Å²) in [6.07, 6.45) is 6.85. The first-order valence-electron chi connectivity index (χ1n) is 18.5. The molecule has 4 aromatic carbocycles. The summed E-state index contributed by atoms with van der Waals surface area (Å²) >= 11 is 0. The first-order valence-corrected chi connectivity index (χ1v) is 18.5. The van der Waals surface area contributed by atoms with E-state index in [0.29, 0.717) is 52.2 Å². The van der Waals surface area contributed by atoms with E-state index in [1.54, 1.807) is 21.3 Å². The van der Waals surface area contributed by atoms with Crippen molar-refractivity contribution in [3.63, 3.8) is 0 Å². The molecule has 9 nitrogen and oxygen atoms in total. The lowest BCUT2D eigenvalue weighted by atomic mass is 9.88. The Morgan fingerprint density at radius 2 is 1.50 bits per heavy atom. The number of carbonyl (C=O) groups is 1. The fraction of sp³-hybridized carbons (Fsp3) is 0.419. The van der Waals surface area contributed by atoms with Gasteiger partial charge in [-0.3, -0.25) is 9.69 Å². The van der Waals surface area contributed by atoms with Gasteiger partial charge in [-0.2, -0.15) is 0 Å². The zero-order valence-corrected chi connectivity index (χ0v) is 31.3. The summed E-state index contributed by atoms with van der Waals surface area (Å²) in [6, 6.07) is 20.6. The van der Waals surface area contributed by atoms with Gasteiger partial charge in [0.15, 0.2) is 23.0 Å². The summed E-state index contributed by atoms with van der Waals surface area (Å²) in [5.41, 5.74) is 7.49. The van der Waals surface area contributed by atoms with Crippen molar-refractivity contribution in [3.8, 4) is 40.2 Å². The molecule has 1 aliphatic carbocycles. The minimum Gasteiger partial charge on any atom is -0.493 e. The van der Waals surface area contributed by atoms with Crippen LogP contribution in [0.3, 0.4) is 0 Å². The van der Waals surface area contributed by atoms with Crippen molar-refractivity contribution < 1.29 is 28.5 Å². The zero-order valence-electron chi connectivity index (χ0n) is 31.3. The van der Waals surface area contributed by atoms with Crippen molar-refractivity contribution in [2.45, 2.75) is 70.5 Å². The molecule has 0 radical (unpaired) electrons. The highest BCUT2D eigenvalue weighted by Crippen LogP contribution is 2.48. The highest BCUT2D eigenvalue weighted by Gasteiger charge is 2.31. The van der Waals surface area contributed by atoms with Gasteiger partial charge in [-0.05, 0) is 118 Å². The molecular formula is C43H51N3O6. The van der Waals surface area contributed by atoms with Crippen molar-refractivity contribution in [1.82, 2.24) is 15.1 Å². The zero-order chi connectivity index (χ0) is 36.4. The van der Waals surface area contributed by atoms with E-state index in [9.17, 15) is 4.79 Å². The van der Waals surface area contributed by atoms with Gasteiger partial charge in [-0.15, -0.1) is 0 Å². The van der Waals surface area contributed by atoms with Crippen LogP contribution in [-0.4, -0.2) is 70.3 Å². The average Bonchev–Trinajstić information content (AvgIpc) is 3.66. The molecule has 4 aromatic rings. The second kappa shape index (κ2) is 15.5. The van der Waals surface area contributed by atoms with Crippen LogP contribution in [0.25, 0.3) is 0 Å². The van der Waals surface area contributed by atoms with Crippen LogP contribution in [0.4, 0.5) is 0 Å². The molecule has 0 saturated heterocycles. The fourth-order valence-corrected chi connectivity index (χ4v) is 7.92. The number of rotatable bonds is 11. The van der Waals surface area contributed by atoms with Gasteiger partial charge in [0.05, 0.1) is 26.9 Å². The summed E-state index contributed by atoms with van der Waals surface area (Å²) in [5, 5.41) is 3.25. The van der Waals surface area contributed by atoms with E-state index < -0.39 is 0 Å². The normalized spacial score (nSPS) is 17.6. The second-order valence-electron chi connectivity index (χ2n) is 14.5. The summed E-state index contributed by atoms with van der Waals surface area (Å²) < 4.78 is 30.9. The third-order valence-corrected chi connectivity index (χ3v) is 10.9. The van der Waals surface area contributed by atoms with E-state index in [-0.39, 0.29) is 18.0 Å². The quantitative estimate of drug-likeness (QED) is 0.168. The van der Waals surface area contributed by atoms with Crippen molar-refractivity contribution in [1.29, 1.82) is 0 Å². The van der Waals surface area contributed by atoms with Gasteiger partial charge in [0, 0.05) is 37.3 Å². The Kier molecular flexibility index (Phi) is 10.6. The van der Waals surface area contributed by atoms with E-state index in [2.05, 4.69) is 60.4 Å². The van der Waals surface area contributed by atoms with Crippen LogP contribution in [0.1, 0.15) is 75.5 Å². The van der Waals surface area contributed by atoms with E-state index in [1.807, 2.05) is 36.4 Å². The van der Waals surface area contributed by atoms with Gasteiger partial charge in [-0.1, -0.05) is 36.6 Å². The highest BCUT2D eigenvalue weighted by molar-refractivity contribution is 5.97. The van der Waals surface area contributed by atoms with Crippen LogP contribution in [0, 0.1) is 6.92 Å². The van der Waals surface area contributed by atoms with E-state index in [1.165, 1.54) is 16.7 Å². The standard InChI is InChI=1S/C43H51N3O6/c1-27-11-14-32(15-12-27)51-37-22-28(13-16-33(37)43(47)44-31-9-7-8-10-31)21-36-34-25-39(38(48-4)23-29(34)18-20-46(36)3)52-41-35-26-45(2)19-17-30(35)24-40(49-5)42(41)50-6/h11-16,22-25,31,36H,7-10,17-21,26H2,1-6H3,(H,44,47)/t36-/m1/s1. The summed E-state index contributed by atoms with van der Waals surface area (Å²) in [6.45, 7) is 4.65. The number of ether oxygens (including phenoxy) is 5. The molecule has 1 amide bonds. The third-order valence-electron chi connectivity index (χ3n) is 10.9. The minimum atomic E-state index is -0.0871. The molecule has 0 spiro atoms. The predicted octanol–water partition coefficient (Wildman–Crippen LogP) is 8.04.